The van der Waals surface area contributed by atoms with Crippen molar-refractivity contribution in [2.24, 2.45) is 5.92 Å². The molecule has 59 heavy (non-hydrogen) atoms. The van der Waals surface area contributed by atoms with Crippen LogP contribution < -0.4 is 0 Å². The lowest BCUT2D eigenvalue weighted by molar-refractivity contribution is 0.669. The fourth-order valence-corrected chi connectivity index (χ4v) is 9.25. The summed E-state index contributed by atoms with van der Waals surface area (Å²) < 4.78 is 8.80. The molecule has 11 aromatic rings. The Bertz CT molecular complexity index is 3470. The average molecular weight is 757 g/mol. The normalized spacial score (nSPS) is 14.1. The van der Waals surface area contributed by atoms with Crippen LogP contribution in [-0.2, 0) is 6.42 Å². The summed E-state index contributed by atoms with van der Waals surface area (Å²) in [6, 6.07) is 61.9. The number of hydrogen-bond donors (Lipinski definition) is 0. The highest BCUT2D eigenvalue weighted by molar-refractivity contribution is 6.19. The number of benzene rings is 8. The van der Waals surface area contributed by atoms with Crippen molar-refractivity contribution in [2.75, 3.05) is 0 Å². The molecular weight excluding hydrogens is 721 g/mol. The van der Waals surface area contributed by atoms with Crippen LogP contribution in [0.3, 0.4) is 0 Å². The first-order chi connectivity index (χ1) is 29.1. The van der Waals surface area contributed by atoms with Gasteiger partial charge >= 0.3 is 0 Å². The van der Waals surface area contributed by atoms with E-state index in [1.807, 2.05) is 24.3 Å². The zero-order valence-electron chi connectivity index (χ0n) is 32.3. The molecule has 5 nitrogen and oxygen atoms in total. The van der Waals surface area contributed by atoms with Crippen LogP contribution in [0.1, 0.15) is 23.7 Å². The molecule has 0 spiro atoms. The summed E-state index contributed by atoms with van der Waals surface area (Å²) in [6.07, 6.45) is 3.33. The highest BCUT2D eigenvalue weighted by Gasteiger charge is 2.30. The van der Waals surface area contributed by atoms with E-state index in [1.165, 1.54) is 32.7 Å². The summed E-state index contributed by atoms with van der Waals surface area (Å²) in [4.78, 5) is 15.9. The second-order valence-corrected chi connectivity index (χ2v) is 15.7. The van der Waals surface area contributed by atoms with Crippen LogP contribution in [0.5, 0.6) is 0 Å². The van der Waals surface area contributed by atoms with E-state index >= 15 is 0 Å². The van der Waals surface area contributed by atoms with Crippen molar-refractivity contribution in [3.8, 4) is 39.9 Å². The number of aromatic nitrogens is 4. The minimum atomic E-state index is 0.303. The first-order valence-electron chi connectivity index (χ1n) is 20.2. The number of rotatable bonds is 5. The molecule has 1 unspecified atom stereocenters. The van der Waals surface area contributed by atoms with Gasteiger partial charge in [0, 0.05) is 38.2 Å². The van der Waals surface area contributed by atoms with Gasteiger partial charge in [0.1, 0.15) is 11.2 Å². The molecule has 1 atom stereocenters. The molecule has 1 aliphatic carbocycles. The molecule has 5 heteroatoms. The lowest BCUT2D eigenvalue weighted by Crippen LogP contribution is -2.13. The molecule has 3 aromatic heterocycles. The summed E-state index contributed by atoms with van der Waals surface area (Å²) in [5.74, 6) is 2.14. The van der Waals surface area contributed by atoms with Crippen LogP contribution in [0.15, 0.2) is 186 Å². The van der Waals surface area contributed by atoms with E-state index in [0.29, 0.717) is 23.5 Å². The molecule has 3 heterocycles. The molecule has 0 saturated heterocycles. The molecule has 278 valence electrons. The van der Waals surface area contributed by atoms with Crippen molar-refractivity contribution in [2.45, 2.75) is 13.3 Å². The molecule has 0 bridgehead atoms. The second kappa shape index (κ2) is 13.2. The number of allylic oxidation sites excluding steroid dienone is 1. The van der Waals surface area contributed by atoms with Crippen molar-refractivity contribution in [3.05, 3.63) is 199 Å². The van der Waals surface area contributed by atoms with Gasteiger partial charge in [-0.2, -0.15) is 9.97 Å². The van der Waals surface area contributed by atoms with Gasteiger partial charge < -0.3 is 4.42 Å². The van der Waals surface area contributed by atoms with Gasteiger partial charge in [-0.25, -0.2) is 4.98 Å². The maximum absolute atomic E-state index is 6.47. The maximum atomic E-state index is 6.47. The van der Waals surface area contributed by atoms with Gasteiger partial charge in [0.25, 0.3) is 0 Å². The molecule has 0 N–H and O–H groups in total. The third-order valence-electron chi connectivity index (χ3n) is 12.0. The van der Waals surface area contributed by atoms with Gasteiger partial charge in [-0.15, -0.1) is 0 Å². The van der Waals surface area contributed by atoms with E-state index < -0.39 is 0 Å². The van der Waals surface area contributed by atoms with Crippen molar-refractivity contribution in [3.63, 3.8) is 0 Å². The Labute approximate surface area is 340 Å². The highest BCUT2D eigenvalue weighted by atomic mass is 16.3. The Kier molecular flexibility index (Phi) is 7.51. The molecule has 0 fully saturated rings. The van der Waals surface area contributed by atoms with Crippen molar-refractivity contribution >= 4 is 60.0 Å². The predicted octanol–water partition coefficient (Wildman–Crippen LogP) is 13.6. The quantitative estimate of drug-likeness (QED) is 0.175. The van der Waals surface area contributed by atoms with E-state index in [0.717, 1.165) is 72.8 Å². The molecule has 8 aromatic carbocycles. The van der Waals surface area contributed by atoms with E-state index in [4.69, 9.17) is 19.4 Å². The van der Waals surface area contributed by atoms with Crippen LogP contribution in [-0.4, -0.2) is 19.5 Å². The van der Waals surface area contributed by atoms with Gasteiger partial charge in [-0.05, 0) is 69.0 Å². The van der Waals surface area contributed by atoms with Crippen LogP contribution in [0.4, 0.5) is 0 Å². The van der Waals surface area contributed by atoms with Crippen LogP contribution in [0.25, 0.3) is 99.8 Å². The Morgan fingerprint density at radius 3 is 1.83 bits per heavy atom. The van der Waals surface area contributed by atoms with Gasteiger partial charge in [0.05, 0.1) is 11.2 Å². The van der Waals surface area contributed by atoms with E-state index in [2.05, 4.69) is 169 Å². The molecule has 0 radical (unpaired) electrons. The average Bonchev–Trinajstić information content (AvgIpc) is 3.85. The van der Waals surface area contributed by atoms with Crippen LogP contribution in [0.2, 0.25) is 0 Å². The molecular formula is C54H36N4O. The van der Waals surface area contributed by atoms with Gasteiger partial charge in [0.15, 0.2) is 11.6 Å². The van der Waals surface area contributed by atoms with Crippen LogP contribution in [0, 0.1) is 5.92 Å². The molecule has 0 saturated carbocycles. The largest absolute Gasteiger partial charge is 0.456 e. The second-order valence-electron chi connectivity index (χ2n) is 15.7. The van der Waals surface area contributed by atoms with E-state index in [-0.39, 0.29) is 0 Å². The Morgan fingerprint density at radius 1 is 0.492 bits per heavy atom. The fraction of sp³-hybridized carbons (Fsp3) is 0.0556. The third kappa shape index (κ3) is 5.43. The third-order valence-corrected chi connectivity index (χ3v) is 12.0. The Balaban J connectivity index is 1.13. The fourth-order valence-electron chi connectivity index (χ4n) is 9.25. The molecule has 0 aliphatic heterocycles. The zero-order chi connectivity index (χ0) is 39.0. The van der Waals surface area contributed by atoms with Gasteiger partial charge in [-0.1, -0.05) is 171 Å². The molecule has 0 amide bonds. The summed E-state index contributed by atoms with van der Waals surface area (Å²) >= 11 is 0. The highest BCUT2D eigenvalue weighted by Crippen LogP contribution is 2.45. The zero-order valence-corrected chi connectivity index (χ0v) is 32.3. The summed E-state index contributed by atoms with van der Waals surface area (Å²) in [5, 5.41) is 8.18. The molecule has 12 rings (SSSR count). The minimum Gasteiger partial charge on any atom is -0.456 e. The number of fused-ring (bicyclic) bond motifs is 10. The Hall–Kier alpha value is -7.63. The lowest BCUT2D eigenvalue weighted by atomic mass is 9.85. The topological polar surface area (TPSA) is 56.7 Å². The van der Waals surface area contributed by atoms with Crippen molar-refractivity contribution in [1.29, 1.82) is 0 Å². The minimum absolute atomic E-state index is 0.303. The van der Waals surface area contributed by atoms with Crippen molar-refractivity contribution < 1.29 is 4.42 Å². The summed E-state index contributed by atoms with van der Waals surface area (Å²) in [7, 11) is 0. The first-order valence-corrected chi connectivity index (χ1v) is 20.2. The monoisotopic (exact) mass is 756 g/mol. The first kappa shape index (κ1) is 33.5. The molecule has 1 aliphatic rings. The lowest BCUT2D eigenvalue weighted by Gasteiger charge is -2.22. The van der Waals surface area contributed by atoms with E-state index in [9.17, 15) is 0 Å². The standard InChI is InChI=1S/C54H36N4O/c1-33-30-44(40-26-28-47-46(32-40)49-41-18-10-8-14-36(41)25-29-48(49)59-47)51-45(31-33)43-27-24-37-15-9-11-19-42(37)50(43)58(51)54-56-52(38-16-6-3-7-17-38)55-53(57-54)39-22-20-35(21-23-39)34-12-4-2-5-13-34/h2-30,32-33H,31H2,1H3. The van der Waals surface area contributed by atoms with Gasteiger partial charge in [0.2, 0.25) is 5.95 Å². The summed E-state index contributed by atoms with van der Waals surface area (Å²) in [5.41, 5.74) is 11.7. The van der Waals surface area contributed by atoms with Crippen LogP contribution >= 0.6 is 0 Å². The summed E-state index contributed by atoms with van der Waals surface area (Å²) in [6.45, 7) is 2.32. The van der Waals surface area contributed by atoms with Gasteiger partial charge in [-0.3, -0.25) is 4.57 Å². The van der Waals surface area contributed by atoms with E-state index in [1.54, 1.807) is 0 Å². The smallest absolute Gasteiger partial charge is 0.238 e. The Morgan fingerprint density at radius 2 is 1.07 bits per heavy atom. The van der Waals surface area contributed by atoms with Crippen molar-refractivity contribution in [1.82, 2.24) is 19.5 Å². The predicted molar refractivity (Wildman–Crippen MR) is 242 cm³/mol. The number of furan rings is 1. The number of hydrogen-bond acceptors (Lipinski definition) is 4. The SMILES string of the molecule is CC1C=C(c2ccc3oc4ccc5ccccc5c4c3c2)c2c(c3ccc4ccccc4c3n2-c2nc(-c3ccccc3)nc(-c3ccc(-c4ccccc4)cc3)n2)C1. The maximum Gasteiger partial charge on any atom is 0.238 e. The number of nitrogens with zero attached hydrogens (tertiary/aromatic N) is 4.